The average Bonchev–Trinajstić information content (AvgIpc) is 3.33. The Balaban J connectivity index is 1.76. The van der Waals surface area contributed by atoms with Crippen molar-refractivity contribution in [2.24, 2.45) is 7.05 Å². The SMILES string of the molecule is CC(=O)c1c(C2CCN(C(=O)[C@@H](C)O)CC2)nc2c(-c3cnn(C)c3)cnn2c1N. The minimum absolute atomic E-state index is 0.0223. The molecule has 1 atom stereocenters. The molecule has 30 heavy (non-hydrogen) atoms. The number of ketones is 1. The molecule has 1 aliphatic rings. The molecule has 10 heteroatoms. The number of aliphatic hydroxyl groups is 1. The van der Waals surface area contributed by atoms with Crippen LogP contribution in [0.4, 0.5) is 5.82 Å². The first kappa shape index (κ1) is 20.0. The van der Waals surface area contributed by atoms with E-state index < -0.39 is 6.10 Å². The normalized spacial score (nSPS) is 16.2. The van der Waals surface area contributed by atoms with Crippen LogP contribution in [0.15, 0.2) is 18.6 Å². The molecule has 1 aliphatic heterocycles. The van der Waals surface area contributed by atoms with Crippen molar-refractivity contribution in [1.29, 1.82) is 0 Å². The third kappa shape index (κ3) is 3.32. The predicted molar refractivity (Wildman–Crippen MR) is 110 cm³/mol. The second-order valence-electron chi connectivity index (χ2n) is 7.79. The summed E-state index contributed by atoms with van der Waals surface area (Å²) in [6.45, 7) is 3.93. The van der Waals surface area contributed by atoms with Crippen LogP contribution in [0.25, 0.3) is 16.8 Å². The van der Waals surface area contributed by atoms with E-state index in [0.717, 1.165) is 11.1 Å². The van der Waals surface area contributed by atoms with Gasteiger partial charge in [0.25, 0.3) is 5.91 Å². The monoisotopic (exact) mass is 411 g/mol. The Morgan fingerprint density at radius 2 is 1.93 bits per heavy atom. The van der Waals surface area contributed by atoms with Gasteiger partial charge in [-0.2, -0.15) is 14.7 Å². The van der Waals surface area contributed by atoms with Crippen molar-refractivity contribution in [3.8, 4) is 11.1 Å². The molecule has 3 aromatic heterocycles. The number of carbonyl (C=O) groups is 2. The number of anilines is 1. The molecule has 1 saturated heterocycles. The highest BCUT2D eigenvalue weighted by Crippen LogP contribution is 2.34. The molecule has 0 spiro atoms. The molecule has 0 aliphatic carbocycles. The first-order valence-electron chi connectivity index (χ1n) is 9.91. The number of aliphatic hydroxyl groups excluding tert-OH is 1. The minimum atomic E-state index is -1.02. The number of hydrogen-bond donors (Lipinski definition) is 2. The van der Waals surface area contributed by atoms with Gasteiger partial charge in [0.15, 0.2) is 11.4 Å². The van der Waals surface area contributed by atoms with Crippen molar-refractivity contribution in [1.82, 2.24) is 29.3 Å². The van der Waals surface area contributed by atoms with Crippen LogP contribution in [0.1, 0.15) is 48.7 Å². The van der Waals surface area contributed by atoms with E-state index >= 15 is 0 Å². The topological polar surface area (TPSA) is 132 Å². The van der Waals surface area contributed by atoms with Gasteiger partial charge in [-0.25, -0.2) is 4.98 Å². The lowest BCUT2D eigenvalue weighted by Gasteiger charge is -2.33. The van der Waals surface area contributed by atoms with Crippen LogP contribution in [-0.4, -0.2) is 65.3 Å². The molecular formula is C20H25N7O3. The number of Topliss-reactive ketones (excluding diaryl/α,β-unsaturated/α-hetero) is 1. The molecule has 3 N–H and O–H groups in total. The van der Waals surface area contributed by atoms with E-state index in [4.69, 9.17) is 10.7 Å². The Morgan fingerprint density at radius 3 is 2.50 bits per heavy atom. The van der Waals surface area contributed by atoms with Gasteiger partial charge in [0.1, 0.15) is 11.9 Å². The number of nitrogens with two attached hydrogens (primary N) is 1. The summed E-state index contributed by atoms with van der Waals surface area (Å²) in [5.74, 6) is -0.207. The van der Waals surface area contributed by atoms with Crippen LogP contribution in [0.5, 0.6) is 0 Å². The van der Waals surface area contributed by atoms with Gasteiger partial charge in [0, 0.05) is 43.4 Å². The van der Waals surface area contributed by atoms with E-state index in [1.807, 2.05) is 13.2 Å². The molecule has 1 fully saturated rings. The summed E-state index contributed by atoms with van der Waals surface area (Å²) in [6.07, 6.45) is 5.53. The number of aromatic nitrogens is 5. The fourth-order valence-corrected chi connectivity index (χ4v) is 4.09. The first-order chi connectivity index (χ1) is 14.3. The predicted octanol–water partition coefficient (Wildman–Crippen LogP) is 1.00. The van der Waals surface area contributed by atoms with Crippen molar-refractivity contribution >= 4 is 23.2 Å². The Morgan fingerprint density at radius 1 is 1.23 bits per heavy atom. The molecular weight excluding hydrogens is 386 g/mol. The summed E-state index contributed by atoms with van der Waals surface area (Å²) in [5, 5.41) is 18.1. The number of likely N-dealkylation sites (tertiary alicyclic amines) is 1. The second-order valence-corrected chi connectivity index (χ2v) is 7.79. The van der Waals surface area contributed by atoms with E-state index in [2.05, 4.69) is 10.2 Å². The Bertz CT molecular complexity index is 1120. The van der Waals surface area contributed by atoms with E-state index in [1.54, 1.807) is 22.0 Å². The lowest BCUT2D eigenvalue weighted by atomic mass is 9.89. The van der Waals surface area contributed by atoms with Gasteiger partial charge in [-0.3, -0.25) is 14.3 Å². The Hall–Kier alpha value is -3.27. The molecule has 0 aromatic carbocycles. The van der Waals surface area contributed by atoms with Crippen LogP contribution < -0.4 is 5.73 Å². The van der Waals surface area contributed by atoms with Crippen molar-refractivity contribution in [3.63, 3.8) is 0 Å². The van der Waals surface area contributed by atoms with Gasteiger partial charge in [-0.1, -0.05) is 0 Å². The van der Waals surface area contributed by atoms with Gasteiger partial charge in [-0.05, 0) is 26.7 Å². The quantitative estimate of drug-likeness (QED) is 0.612. The summed E-state index contributed by atoms with van der Waals surface area (Å²) in [5.41, 5.74) is 9.60. The smallest absolute Gasteiger partial charge is 0.251 e. The third-order valence-electron chi connectivity index (χ3n) is 5.63. The number of hydrogen-bond acceptors (Lipinski definition) is 7. The van der Waals surface area contributed by atoms with Gasteiger partial charge < -0.3 is 15.7 Å². The largest absolute Gasteiger partial charge is 0.384 e. The van der Waals surface area contributed by atoms with Gasteiger partial charge in [-0.15, -0.1) is 0 Å². The molecule has 158 valence electrons. The fraction of sp³-hybridized carbons (Fsp3) is 0.450. The van der Waals surface area contributed by atoms with Gasteiger partial charge >= 0.3 is 0 Å². The van der Waals surface area contributed by atoms with Crippen molar-refractivity contribution in [3.05, 3.63) is 29.8 Å². The van der Waals surface area contributed by atoms with Crippen molar-refractivity contribution in [2.45, 2.75) is 38.7 Å². The summed E-state index contributed by atoms with van der Waals surface area (Å²) in [4.78, 5) is 31.0. The van der Waals surface area contributed by atoms with Gasteiger partial charge in [0.05, 0.1) is 23.7 Å². The van der Waals surface area contributed by atoms with E-state index in [0.29, 0.717) is 42.8 Å². The van der Waals surface area contributed by atoms with Crippen LogP contribution in [0.2, 0.25) is 0 Å². The van der Waals surface area contributed by atoms with Crippen LogP contribution >= 0.6 is 0 Å². The van der Waals surface area contributed by atoms with E-state index in [1.165, 1.54) is 18.4 Å². The highest BCUT2D eigenvalue weighted by Gasteiger charge is 2.31. The second kappa shape index (κ2) is 7.52. The van der Waals surface area contributed by atoms with Crippen LogP contribution in [0.3, 0.4) is 0 Å². The number of aryl methyl sites for hydroxylation is 1. The average molecular weight is 411 g/mol. The summed E-state index contributed by atoms with van der Waals surface area (Å²) in [6, 6.07) is 0. The Kier molecular flexibility index (Phi) is 5.02. The molecule has 1 amide bonds. The number of carbonyl (C=O) groups excluding carboxylic acids is 2. The lowest BCUT2D eigenvalue weighted by molar-refractivity contribution is -0.140. The minimum Gasteiger partial charge on any atom is -0.384 e. The molecule has 10 nitrogen and oxygen atoms in total. The molecule has 0 radical (unpaired) electrons. The van der Waals surface area contributed by atoms with Crippen LogP contribution in [-0.2, 0) is 11.8 Å². The number of fused-ring (bicyclic) bond motifs is 1. The highest BCUT2D eigenvalue weighted by molar-refractivity contribution is 6.00. The number of nitrogen functional groups attached to an aromatic ring is 1. The molecule has 0 unspecified atom stereocenters. The number of amides is 1. The standard InChI is InChI=1S/C20H25N7O3/c1-11(28)16-17(13-4-6-26(7-5-13)20(30)12(2)29)24-19-15(9-23-27(19)18(16)21)14-8-22-25(3)10-14/h8-10,12-13,29H,4-7,21H2,1-3H3/t12-/m1/s1. The maximum absolute atomic E-state index is 12.4. The summed E-state index contributed by atoms with van der Waals surface area (Å²) >= 11 is 0. The number of nitrogens with zero attached hydrogens (tertiary/aromatic N) is 6. The first-order valence-corrected chi connectivity index (χ1v) is 9.91. The Labute approximate surface area is 173 Å². The summed E-state index contributed by atoms with van der Waals surface area (Å²) in [7, 11) is 1.83. The number of rotatable bonds is 4. The molecule has 3 aromatic rings. The zero-order valence-electron chi connectivity index (χ0n) is 17.2. The molecule has 4 rings (SSSR count). The maximum Gasteiger partial charge on any atom is 0.251 e. The van der Waals surface area contributed by atoms with E-state index in [-0.39, 0.29) is 23.4 Å². The number of piperidine rings is 1. The van der Waals surface area contributed by atoms with Crippen LogP contribution in [0, 0.1) is 0 Å². The lowest BCUT2D eigenvalue weighted by Crippen LogP contribution is -2.42. The summed E-state index contributed by atoms with van der Waals surface area (Å²) < 4.78 is 3.19. The molecule has 0 bridgehead atoms. The van der Waals surface area contributed by atoms with Gasteiger partial charge in [0.2, 0.25) is 0 Å². The third-order valence-corrected chi connectivity index (χ3v) is 5.63. The zero-order chi connectivity index (χ0) is 21.6. The van der Waals surface area contributed by atoms with Crippen molar-refractivity contribution < 1.29 is 14.7 Å². The maximum atomic E-state index is 12.4. The van der Waals surface area contributed by atoms with Crippen molar-refractivity contribution in [2.75, 3.05) is 18.8 Å². The van der Waals surface area contributed by atoms with E-state index in [9.17, 15) is 14.7 Å². The highest BCUT2D eigenvalue weighted by atomic mass is 16.3. The fourth-order valence-electron chi connectivity index (χ4n) is 4.09. The molecule has 0 saturated carbocycles. The zero-order valence-corrected chi connectivity index (χ0v) is 17.2. The molecule has 4 heterocycles.